The maximum absolute atomic E-state index is 13.2. The largest absolute Gasteiger partial charge is 0.504 e. The third-order valence-corrected chi connectivity index (χ3v) is 2.76. The molecule has 0 atom stereocenters. The minimum absolute atomic E-state index is 0.245. The molecule has 0 saturated heterocycles. The number of aryl methyl sites for hydroxylation is 1. The Hall–Kier alpha value is -2.43. The van der Waals surface area contributed by atoms with Crippen LogP contribution < -0.4 is 11.5 Å². The van der Waals surface area contributed by atoms with Crippen LogP contribution in [-0.4, -0.2) is 10.1 Å². The second-order valence-electron chi connectivity index (χ2n) is 4.03. The average Bonchev–Trinajstić information content (AvgIpc) is 2.64. The van der Waals surface area contributed by atoms with Crippen molar-refractivity contribution < 1.29 is 9.50 Å². The maximum atomic E-state index is 13.2. The highest BCUT2D eigenvalue weighted by Gasteiger charge is 2.10. The summed E-state index contributed by atoms with van der Waals surface area (Å²) in [6.07, 6.45) is 3.36. The monoisotopic (exact) mass is 247 g/mol. The summed E-state index contributed by atoms with van der Waals surface area (Å²) in [5.74, 6) is -0.688. The number of halogens is 1. The first-order valence-electron chi connectivity index (χ1n) is 5.39. The predicted octanol–water partition coefficient (Wildman–Crippen LogP) is 2.21. The molecule has 2 aromatic rings. The van der Waals surface area contributed by atoms with Crippen LogP contribution in [0.15, 0.2) is 24.4 Å². The Morgan fingerprint density at radius 3 is 2.78 bits per heavy atom. The topological polar surface area (TPSA) is 88.1 Å². The van der Waals surface area contributed by atoms with Crippen LogP contribution in [0, 0.1) is 12.7 Å². The second kappa shape index (κ2) is 4.44. The molecule has 0 amide bonds. The second-order valence-corrected chi connectivity index (χ2v) is 4.03. The number of hydrogen-bond donors (Lipinski definition) is 4. The van der Waals surface area contributed by atoms with Gasteiger partial charge in [-0.15, -0.1) is 0 Å². The fourth-order valence-corrected chi connectivity index (χ4v) is 1.73. The van der Waals surface area contributed by atoms with Gasteiger partial charge in [0.05, 0.1) is 0 Å². The summed E-state index contributed by atoms with van der Waals surface area (Å²) in [7, 11) is 0. The van der Waals surface area contributed by atoms with Crippen molar-refractivity contribution in [3.63, 3.8) is 0 Å². The van der Waals surface area contributed by atoms with Crippen molar-refractivity contribution in [2.75, 3.05) is 5.73 Å². The highest BCUT2D eigenvalue weighted by Crippen LogP contribution is 2.27. The van der Waals surface area contributed by atoms with Crippen LogP contribution in [0.25, 0.3) is 11.8 Å². The molecule has 0 fully saturated rings. The predicted molar refractivity (Wildman–Crippen MR) is 70.1 cm³/mol. The van der Waals surface area contributed by atoms with Crippen LogP contribution in [0.2, 0.25) is 0 Å². The van der Waals surface area contributed by atoms with E-state index in [-0.39, 0.29) is 11.3 Å². The molecule has 1 aromatic heterocycles. The lowest BCUT2D eigenvalue weighted by molar-refractivity contribution is 0.431. The Labute approximate surface area is 104 Å². The lowest BCUT2D eigenvalue weighted by Crippen LogP contribution is -1.98. The van der Waals surface area contributed by atoms with Gasteiger partial charge in [-0.25, -0.2) is 4.39 Å². The lowest BCUT2D eigenvalue weighted by Gasteiger charge is -2.06. The fraction of sp³-hybridized carbons (Fsp3) is 0.0769. The molecule has 0 aliphatic rings. The molecule has 2 rings (SSSR count). The number of nitrogens with two attached hydrogens (primary N) is 2. The van der Waals surface area contributed by atoms with Gasteiger partial charge in [0.1, 0.15) is 5.82 Å². The SMILES string of the molecule is Cc1c[nH]c(N)c1/C=C(\N)c1cccc(F)c1O. The normalized spacial score (nSPS) is 11.8. The molecule has 0 spiro atoms. The van der Waals surface area contributed by atoms with Crippen molar-refractivity contribution in [3.05, 3.63) is 46.9 Å². The minimum Gasteiger partial charge on any atom is -0.504 e. The van der Waals surface area contributed by atoms with Gasteiger partial charge in [-0.2, -0.15) is 0 Å². The smallest absolute Gasteiger partial charge is 0.165 e. The van der Waals surface area contributed by atoms with Gasteiger partial charge in [0.2, 0.25) is 0 Å². The van der Waals surface area contributed by atoms with E-state index in [0.717, 1.165) is 11.1 Å². The molecular formula is C13H14FN3O. The molecule has 0 aliphatic heterocycles. The number of aromatic hydroxyl groups is 1. The van der Waals surface area contributed by atoms with Gasteiger partial charge in [0, 0.05) is 23.0 Å². The van der Waals surface area contributed by atoms with E-state index in [1.165, 1.54) is 12.1 Å². The molecular weight excluding hydrogens is 233 g/mol. The van der Waals surface area contributed by atoms with Crippen molar-refractivity contribution in [2.24, 2.45) is 5.73 Å². The van der Waals surface area contributed by atoms with Gasteiger partial charge >= 0.3 is 0 Å². The van der Waals surface area contributed by atoms with Gasteiger partial charge in [0.25, 0.3) is 0 Å². The Morgan fingerprint density at radius 1 is 1.44 bits per heavy atom. The third-order valence-electron chi connectivity index (χ3n) is 2.76. The van der Waals surface area contributed by atoms with E-state index in [1.807, 2.05) is 6.92 Å². The number of benzene rings is 1. The number of anilines is 1. The summed E-state index contributed by atoms with van der Waals surface area (Å²) >= 11 is 0. The van der Waals surface area contributed by atoms with Gasteiger partial charge in [0.15, 0.2) is 11.6 Å². The number of para-hydroxylation sites is 1. The molecule has 94 valence electrons. The summed E-state index contributed by atoms with van der Waals surface area (Å²) in [5.41, 5.74) is 13.8. The van der Waals surface area contributed by atoms with Crippen LogP contribution >= 0.6 is 0 Å². The number of aromatic amines is 1. The molecule has 1 aromatic carbocycles. The zero-order chi connectivity index (χ0) is 13.3. The lowest BCUT2D eigenvalue weighted by atomic mass is 10.1. The number of hydrogen-bond acceptors (Lipinski definition) is 3. The van der Waals surface area contributed by atoms with Crippen molar-refractivity contribution in [2.45, 2.75) is 6.92 Å². The molecule has 0 bridgehead atoms. The van der Waals surface area contributed by atoms with Crippen LogP contribution in [0.4, 0.5) is 10.2 Å². The maximum Gasteiger partial charge on any atom is 0.165 e. The summed E-state index contributed by atoms with van der Waals surface area (Å²) in [5, 5.41) is 9.60. The van der Waals surface area contributed by atoms with Gasteiger partial charge < -0.3 is 21.6 Å². The summed E-state index contributed by atoms with van der Waals surface area (Å²) in [6, 6.07) is 4.20. The van der Waals surface area contributed by atoms with Crippen LogP contribution in [0.5, 0.6) is 5.75 Å². The molecule has 0 aliphatic carbocycles. The summed E-state index contributed by atoms with van der Waals surface area (Å²) in [4.78, 5) is 2.86. The van der Waals surface area contributed by atoms with E-state index in [0.29, 0.717) is 5.82 Å². The van der Waals surface area contributed by atoms with E-state index in [9.17, 15) is 9.50 Å². The molecule has 4 nitrogen and oxygen atoms in total. The van der Waals surface area contributed by atoms with Crippen molar-refractivity contribution in [3.8, 4) is 5.75 Å². The van der Waals surface area contributed by atoms with Crippen LogP contribution in [0.3, 0.4) is 0 Å². The highest BCUT2D eigenvalue weighted by atomic mass is 19.1. The molecule has 0 radical (unpaired) electrons. The molecule has 0 unspecified atom stereocenters. The number of nitrogens with one attached hydrogen (secondary N) is 1. The molecule has 6 N–H and O–H groups in total. The first-order valence-corrected chi connectivity index (χ1v) is 5.39. The number of aromatic nitrogens is 1. The van der Waals surface area contributed by atoms with Gasteiger partial charge in [-0.1, -0.05) is 6.07 Å². The Balaban J connectivity index is 2.49. The van der Waals surface area contributed by atoms with E-state index >= 15 is 0 Å². The number of H-pyrrole nitrogens is 1. The molecule has 1 heterocycles. The zero-order valence-electron chi connectivity index (χ0n) is 9.87. The molecule has 5 heteroatoms. The van der Waals surface area contributed by atoms with Crippen LogP contribution in [0.1, 0.15) is 16.7 Å². The van der Waals surface area contributed by atoms with Crippen molar-refractivity contribution in [1.82, 2.24) is 4.98 Å². The number of phenols is 1. The zero-order valence-corrected chi connectivity index (χ0v) is 9.87. The quantitative estimate of drug-likeness (QED) is 0.656. The Morgan fingerprint density at radius 2 is 2.17 bits per heavy atom. The number of rotatable bonds is 2. The highest BCUT2D eigenvalue weighted by molar-refractivity contribution is 5.85. The molecule has 18 heavy (non-hydrogen) atoms. The van der Waals surface area contributed by atoms with Gasteiger partial charge in [-0.05, 0) is 30.7 Å². The van der Waals surface area contributed by atoms with Crippen molar-refractivity contribution >= 4 is 17.6 Å². The Bertz CT molecular complexity index is 597. The first-order chi connectivity index (χ1) is 8.50. The van der Waals surface area contributed by atoms with E-state index in [4.69, 9.17) is 11.5 Å². The van der Waals surface area contributed by atoms with Gasteiger partial charge in [-0.3, -0.25) is 0 Å². The first kappa shape index (κ1) is 12.0. The Kier molecular flexibility index (Phi) is 2.97. The van der Waals surface area contributed by atoms with Crippen LogP contribution in [-0.2, 0) is 0 Å². The number of nitrogen functional groups attached to an aromatic ring is 1. The summed E-state index contributed by atoms with van der Waals surface area (Å²) in [6.45, 7) is 1.87. The minimum atomic E-state index is -0.706. The fourth-order valence-electron chi connectivity index (χ4n) is 1.73. The van der Waals surface area contributed by atoms with Crippen molar-refractivity contribution in [1.29, 1.82) is 0 Å². The summed E-state index contributed by atoms with van der Waals surface area (Å²) < 4.78 is 13.2. The third kappa shape index (κ3) is 2.02. The van der Waals surface area contributed by atoms with E-state index < -0.39 is 11.6 Å². The number of phenolic OH excluding ortho intramolecular Hbond substituents is 1. The van der Waals surface area contributed by atoms with E-state index in [2.05, 4.69) is 4.98 Å². The van der Waals surface area contributed by atoms with E-state index in [1.54, 1.807) is 18.3 Å². The average molecular weight is 247 g/mol. The standard InChI is InChI=1S/C13H14FN3O/c1-7-6-17-13(16)9(7)5-11(15)8-3-2-4-10(14)12(8)18/h2-6,17-18H,15-16H2,1H3/b11-5-. The molecule has 0 saturated carbocycles.